The molecule has 3 heterocycles. The third-order valence-corrected chi connectivity index (χ3v) is 10.4. The molecule has 8 rings (SSSR count). The zero-order valence-corrected chi connectivity index (χ0v) is 30.0. The number of imidazole rings is 1. The lowest BCUT2D eigenvalue weighted by Gasteiger charge is -2.38. The lowest BCUT2D eigenvalue weighted by Crippen LogP contribution is -2.38. The standard InChI is InChI=1S/C44H39BrN6/c45-38-21-12-14-33(28-38)29-43-49-48-42(26-25-34-30-47-41-24-11-10-23-40(34)41)50(43)27-13-22-39-31-46-32-51(39)44(35-15-4-1-5-16-35,36-17-6-2-7-18-36)37-19-8-3-9-20-37/h1-12,14-21,23-24,28,30-32,47H,13,22,25-27,29H2. The van der Waals surface area contributed by atoms with Gasteiger partial charge in [0.05, 0.1) is 6.33 Å². The van der Waals surface area contributed by atoms with Crippen molar-refractivity contribution >= 4 is 26.8 Å². The Morgan fingerprint density at radius 2 is 1.29 bits per heavy atom. The first-order valence-corrected chi connectivity index (χ1v) is 18.4. The van der Waals surface area contributed by atoms with Crippen molar-refractivity contribution < 1.29 is 0 Å². The van der Waals surface area contributed by atoms with E-state index in [9.17, 15) is 0 Å². The Balaban J connectivity index is 1.12. The second-order valence-corrected chi connectivity index (χ2v) is 13.9. The minimum Gasteiger partial charge on any atom is -0.361 e. The Morgan fingerprint density at radius 3 is 1.98 bits per heavy atom. The van der Waals surface area contributed by atoms with Crippen molar-refractivity contribution in [3.05, 3.63) is 208 Å². The molecule has 0 saturated carbocycles. The molecule has 51 heavy (non-hydrogen) atoms. The van der Waals surface area contributed by atoms with Gasteiger partial charge < -0.3 is 14.1 Å². The fraction of sp³-hybridized carbons (Fsp3) is 0.159. The largest absolute Gasteiger partial charge is 0.361 e. The lowest BCUT2D eigenvalue weighted by molar-refractivity contribution is 0.485. The molecule has 3 aromatic heterocycles. The summed E-state index contributed by atoms with van der Waals surface area (Å²) in [7, 11) is 0. The van der Waals surface area contributed by atoms with Crippen LogP contribution < -0.4 is 0 Å². The minimum absolute atomic E-state index is 0.595. The Morgan fingerprint density at radius 1 is 0.647 bits per heavy atom. The van der Waals surface area contributed by atoms with E-state index < -0.39 is 5.54 Å². The number of hydrogen-bond acceptors (Lipinski definition) is 3. The molecule has 0 aliphatic rings. The number of nitrogens with one attached hydrogen (secondary N) is 1. The number of hydrogen-bond donors (Lipinski definition) is 1. The number of benzene rings is 5. The highest BCUT2D eigenvalue weighted by Gasteiger charge is 2.39. The van der Waals surface area contributed by atoms with E-state index in [1.165, 1.54) is 44.4 Å². The van der Waals surface area contributed by atoms with Crippen molar-refractivity contribution in [2.24, 2.45) is 0 Å². The first-order valence-electron chi connectivity index (χ1n) is 17.6. The van der Waals surface area contributed by atoms with Gasteiger partial charge in [-0.1, -0.05) is 137 Å². The molecule has 1 N–H and O–H groups in total. The van der Waals surface area contributed by atoms with E-state index in [0.29, 0.717) is 0 Å². The zero-order valence-electron chi connectivity index (χ0n) is 28.4. The van der Waals surface area contributed by atoms with Gasteiger partial charge in [-0.25, -0.2) is 4.98 Å². The van der Waals surface area contributed by atoms with Crippen LogP contribution in [0.1, 0.15) is 51.6 Å². The normalized spacial score (nSPS) is 11.7. The summed E-state index contributed by atoms with van der Waals surface area (Å²) < 4.78 is 5.81. The predicted molar refractivity (Wildman–Crippen MR) is 208 cm³/mol. The van der Waals surface area contributed by atoms with Crippen LogP contribution in [0.15, 0.2) is 163 Å². The smallest absolute Gasteiger partial charge is 0.137 e. The molecule has 0 atom stereocenters. The number of para-hydroxylation sites is 1. The number of aromatic nitrogens is 6. The second kappa shape index (κ2) is 14.8. The van der Waals surface area contributed by atoms with Gasteiger partial charge in [-0.15, -0.1) is 10.2 Å². The van der Waals surface area contributed by atoms with E-state index in [2.05, 4.69) is 176 Å². The first kappa shape index (κ1) is 32.7. The zero-order chi connectivity index (χ0) is 34.5. The summed E-state index contributed by atoms with van der Waals surface area (Å²) in [5.41, 5.74) is 7.83. The number of aromatic amines is 1. The van der Waals surface area contributed by atoms with Crippen molar-refractivity contribution in [1.29, 1.82) is 0 Å². The highest BCUT2D eigenvalue weighted by molar-refractivity contribution is 9.10. The number of halogens is 1. The summed E-state index contributed by atoms with van der Waals surface area (Å²) in [6, 6.07) is 49.4. The van der Waals surface area contributed by atoms with Crippen LogP contribution in [0, 0.1) is 0 Å². The van der Waals surface area contributed by atoms with Crippen LogP contribution >= 0.6 is 15.9 Å². The fourth-order valence-corrected chi connectivity index (χ4v) is 7.99. The van der Waals surface area contributed by atoms with Crippen LogP contribution in [-0.2, 0) is 37.8 Å². The van der Waals surface area contributed by atoms with E-state index in [-0.39, 0.29) is 0 Å². The Hall–Kier alpha value is -5.53. The van der Waals surface area contributed by atoms with Crippen molar-refractivity contribution in [3.8, 4) is 0 Å². The lowest BCUT2D eigenvalue weighted by atomic mass is 9.76. The van der Waals surface area contributed by atoms with Crippen molar-refractivity contribution in [3.63, 3.8) is 0 Å². The molecule has 7 heteroatoms. The third kappa shape index (κ3) is 6.57. The second-order valence-electron chi connectivity index (χ2n) is 13.0. The molecular formula is C44H39BrN6. The highest BCUT2D eigenvalue weighted by Crippen LogP contribution is 2.41. The number of fused-ring (bicyclic) bond motifs is 1. The maximum absolute atomic E-state index is 4.79. The Bertz CT molecular complexity index is 2240. The van der Waals surface area contributed by atoms with Gasteiger partial charge in [0.15, 0.2) is 0 Å². The quantitative estimate of drug-likeness (QED) is 0.120. The molecule has 0 bridgehead atoms. The van der Waals surface area contributed by atoms with Gasteiger partial charge in [0.2, 0.25) is 0 Å². The SMILES string of the molecule is Brc1cccc(Cc2nnc(CCc3c[nH]c4ccccc34)n2CCCc2cncn2C(c2ccccc2)(c2ccccc2)c2ccccc2)c1. The van der Waals surface area contributed by atoms with Crippen molar-refractivity contribution in [1.82, 2.24) is 29.3 Å². The molecule has 0 radical (unpaired) electrons. The molecular weight excluding hydrogens is 692 g/mol. The van der Waals surface area contributed by atoms with Crippen molar-refractivity contribution in [2.45, 2.75) is 44.2 Å². The average molecular weight is 732 g/mol. The van der Waals surface area contributed by atoms with Gasteiger partial charge in [-0.05, 0) is 65.3 Å². The summed E-state index contributed by atoms with van der Waals surface area (Å²) in [6.45, 7) is 0.805. The molecule has 0 fully saturated rings. The number of aryl methyl sites for hydroxylation is 3. The molecule has 0 unspecified atom stereocenters. The summed E-state index contributed by atoms with van der Waals surface area (Å²) in [6.07, 6.45) is 10.3. The van der Waals surface area contributed by atoms with Crippen LogP contribution in [-0.4, -0.2) is 29.3 Å². The molecule has 5 aromatic carbocycles. The van der Waals surface area contributed by atoms with E-state index in [4.69, 9.17) is 15.2 Å². The van der Waals surface area contributed by atoms with Crippen LogP contribution in [0.4, 0.5) is 0 Å². The maximum atomic E-state index is 4.79. The molecule has 0 spiro atoms. The van der Waals surface area contributed by atoms with Gasteiger partial charge in [0.1, 0.15) is 17.2 Å². The summed E-state index contributed by atoms with van der Waals surface area (Å²) in [5.74, 6) is 2.01. The number of H-pyrrole nitrogens is 1. The summed E-state index contributed by atoms with van der Waals surface area (Å²) >= 11 is 3.65. The van der Waals surface area contributed by atoms with Gasteiger partial charge in [-0.2, -0.15) is 0 Å². The first-order chi connectivity index (χ1) is 25.2. The molecule has 0 aliphatic heterocycles. The Kier molecular flexibility index (Phi) is 9.45. The number of nitrogens with zero attached hydrogens (tertiary/aromatic N) is 5. The van der Waals surface area contributed by atoms with E-state index in [0.717, 1.165) is 54.8 Å². The monoisotopic (exact) mass is 730 g/mol. The topological polar surface area (TPSA) is 64.3 Å². The molecule has 8 aromatic rings. The van der Waals surface area contributed by atoms with Gasteiger partial charge in [0, 0.05) is 52.8 Å². The highest BCUT2D eigenvalue weighted by atomic mass is 79.9. The average Bonchev–Trinajstić information content (AvgIpc) is 3.92. The van der Waals surface area contributed by atoms with Crippen LogP contribution in [0.2, 0.25) is 0 Å². The summed E-state index contributed by atoms with van der Waals surface area (Å²) in [4.78, 5) is 8.22. The third-order valence-electron chi connectivity index (χ3n) is 9.91. The molecule has 252 valence electrons. The predicted octanol–water partition coefficient (Wildman–Crippen LogP) is 9.57. The van der Waals surface area contributed by atoms with Gasteiger partial charge >= 0.3 is 0 Å². The van der Waals surface area contributed by atoms with Crippen LogP contribution in [0.5, 0.6) is 0 Å². The summed E-state index contributed by atoms with van der Waals surface area (Å²) in [5, 5.41) is 10.8. The Labute approximate surface area is 307 Å². The van der Waals surface area contributed by atoms with Crippen LogP contribution in [0.3, 0.4) is 0 Å². The van der Waals surface area contributed by atoms with E-state index >= 15 is 0 Å². The molecule has 0 saturated heterocycles. The molecule has 0 amide bonds. The van der Waals surface area contributed by atoms with Crippen LogP contribution in [0.25, 0.3) is 10.9 Å². The van der Waals surface area contributed by atoms with E-state index in [1.807, 2.05) is 12.5 Å². The minimum atomic E-state index is -0.595. The fourth-order valence-electron chi connectivity index (χ4n) is 7.54. The van der Waals surface area contributed by atoms with E-state index in [1.54, 1.807) is 0 Å². The molecule has 6 nitrogen and oxygen atoms in total. The van der Waals surface area contributed by atoms with Crippen molar-refractivity contribution in [2.75, 3.05) is 0 Å². The van der Waals surface area contributed by atoms with Gasteiger partial charge in [0.25, 0.3) is 0 Å². The number of rotatable bonds is 13. The van der Waals surface area contributed by atoms with Gasteiger partial charge in [-0.3, -0.25) is 0 Å². The molecule has 0 aliphatic carbocycles. The maximum Gasteiger partial charge on any atom is 0.137 e.